The molecule has 0 unspecified atom stereocenters. The predicted octanol–water partition coefficient (Wildman–Crippen LogP) is 10.0. The highest BCUT2D eigenvalue weighted by molar-refractivity contribution is 6.22. The van der Waals surface area contributed by atoms with Crippen LogP contribution in [0.3, 0.4) is 0 Å². The van der Waals surface area contributed by atoms with E-state index in [0.717, 1.165) is 16.9 Å². The van der Waals surface area contributed by atoms with Gasteiger partial charge in [0.1, 0.15) is 0 Å². The molecule has 0 saturated carbocycles. The van der Waals surface area contributed by atoms with E-state index in [1.807, 2.05) is 6.07 Å². The molecule has 0 aliphatic carbocycles. The quantitative estimate of drug-likeness (QED) is 0.186. The van der Waals surface area contributed by atoms with Crippen LogP contribution in [0.4, 0.5) is 5.69 Å². The van der Waals surface area contributed by atoms with Crippen LogP contribution >= 0.6 is 0 Å². The number of anilines is 1. The van der Waals surface area contributed by atoms with Gasteiger partial charge in [-0.25, -0.2) is 0 Å². The van der Waals surface area contributed by atoms with Gasteiger partial charge in [0.15, 0.2) is 0 Å². The van der Waals surface area contributed by atoms with Crippen molar-refractivity contribution in [1.82, 2.24) is 4.57 Å². The first-order chi connectivity index (χ1) is 19.8. The van der Waals surface area contributed by atoms with Gasteiger partial charge < -0.3 is 10.3 Å². The first-order valence-corrected chi connectivity index (χ1v) is 13.7. The standard InChI is InChI=1S/C38H26N2/c39-27-19-22-36-33(23-27)29-15-9-10-18-35(29)40(36)28-20-21-32-34(24-28)38(26-13-5-2-6-14-26)31-17-8-7-16-30(31)37(32)25-11-3-1-4-12-25/h1-24H,39H2. The van der Waals surface area contributed by atoms with Gasteiger partial charge in [-0.15, -0.1) is 0 Å². The summed E-state index contributed by atoms with van der Waals surface area (Å²) in [5.74, 6) is 0. The van der Waals surface area contributed by atoms with Crippen molar-refractivity contribution in [3.63, 3.8) is 0 Å². The molecule has 0 radical (unpaired) electrons. The number of nitrogens with zero attached hydrogens (tertiary/aromatic N) is 1. The molecule has 2 heteroatoms. The maximum Gasteiger partial charge on any atom is 0.0542 e. The van der Waals surface area contributed by atoms with Gasteiger partial charge in [-0.2, -0.15) is 0 Å². The highest BCUT2D eigenvalue weighted by Crippen LogP contribution is 2.44. The summed E-state index contributed by atoms with van der Waals surface area (Å²) >= 11 is 0. The van der Waals surface area contributed by atoms with Crippen molar-refractivity contribution in [1.29, 1.82) is 0 Å². The van der Waals surface area contributed by atoms with Crippen molar-refractivity contribution in [2.75, 3.05) is 5.73 Å². The molecular weight excluding hydrogens is 484 g/mol. The SMILES string of the molecule is Nc1ccc2c(c1)c1ccccc1n2-c1ccc2c(-c3ccccc3)c3ccccc3c(-c3ccccc3)c2c1. The fourth-order valence-corrected chi connectivity index (χ4v) is 6.41. The van der Waals surface area contributed by atoms with E-state index in [1.54, 1.807) is 0 Å². The van der Waals surface area contributed by atoms with E-state index in [2.05, 4.69) is 144 Å². The molecule has 8 aromatic rings. The fraction of sp³-hybridized carbons (Fsp3) is 0. The van der Waals surface area contributed by atoms with Crippen molar-refractivity contribution >= 4 is 49.0 Å². The first kappa shape index (κ1) is 22.6. The smallest absolute Gasteiger partial charge is 0.0542 e. The van der Waals surface area contributed by atoms with E-state index < -0.39 is 0 Å². The Morgan fingerprint density at radius 3 is 1.57 bits per heavy atom. The normalized spacial score (nSPS) is 11.6. The summed E-state index contributed by atoms with van der Waals surface area (Å²) in [6.07, 6.45) is 0. The van der Waals surface area contributed by atoms with Gasteiger partial charge in [0, 0.05) is 22.1 Å². The topological polar surface area (TPSA) is 30.9 Å². The van der Waals surface area contributed by atoms with Gasteiger partial charge in [-0.1, -0.05) is 109 Å². The average Bonchev–Trinajstić information content (AvgIpc) is 3.34. The Hall–Kier alpha value is -5.34. The molecule has 188 valence electrons. The summed E-state index contributed by atoms with van der Waals surface area (Å²) in [6.45, 7) is 0. The molecule has 7 aromatic carbocycles. The number of hydrogen-bond donors (Lipinski definition) is 1. The third kappa shape index (κ3) is 3.36. The molecule has 1 aromatic heterocycles. The van der Waals surface area contributed by atoms with Crippen LogP contribution in [0, 0.1) is 0 Å². The second kappa shape index (κ2) is 8.86. The lowest BCUT2D eigenvalue weighted by molar-refractivity contribution is 1.19. The van der Waals surface area contributed by atoms with Crippen molar-refractivity contribution < 1.29 is 0 Å². The minimum Gasteiger partial charge on any atom is -0.399 e. The summed E-state index contributed by atoms with van der Waals surface area (Å²) in [5.41, 5.74) is 15.5. The molecule has 1 heterocycles. The second-order valence-corrected chi connectivity index (χ2v) is 10.4. The predicted molar refractivity (Wildman–Crippen MR) is 171 cm³/mol. The molecule has 2 nitrogen and oxygen atoms in total. The van der Waals surface area contributed by atoms with Gasteiger partial charge in [0.25, 0.3) is 0 Å². The number of hydrogen-bond acceptors (Lipinski definition) is 1. The third-order valence-corrected chi connectivity index (χ3v) is 8.09. The van der Waals surface area contributed by atoms with Crippen LogP contribution in [0.15, 0.2) is 146 Å². The molecule has 2 N–H and O–H groups in total. The van der Waals surface area contributed by atoms with Crippen LogP contribution in [0.1, 0.15) is 0 Å². The lowest BCUT2D eigenvalue weighted by Crippen LogP contribution is -1.96. The number of fused-ring (bicyclic) bond motifs is 5. The molecular formula is C38H26N2. The molecule has 0 aliphatic heterocycles. The Bertz CT molecular complexity index is 2210. The number of rotatable bonds is 3. The zero-order chi connectivity index (χ0) is 26.6. The number of benzene rings is 7. The molecule has 8 rings (SSSR count). The highest BCUT2D eigenvalue weighted by atomic mass is 15.0. The highest BCUT2D eigenvalue weighted by Gasteiger charge is 2.18. The minimum absolute atomic E-state index is 0.777. The molecule has 0 amide bonds. The van der Waals surface area contributed by atoms with E-state index in [1.165, 1.54) is 60.1 Å². The van der Waals surface area contributed by atoms with Crippen LogP contribution in [-0.2, 0) is 0 Å². The van der Waals surface area contributed by atoms with E-state index in [-0.39, 0.29) is 0 Å². The third-order valence-electron chi connectivity index (χ3n) is 8.09. The summed E-state index contributed by atoms with van der Waals surface area (Å²) in [4.78, 5) is 0. The number of aromatic nitrogens is 1. The lowest BCUT2D eigenvalue weighted by atomic mass is 9.86. The zero-order valence-electron chi connectivity index (χ0n) is 21.9. The molecule has 0 atom stereocenters. The van der Waals surface area contributed by atoms with Gasteiger partial charge in [0.05, 0.1) is 11.0 Å². The Balaban J connectivity index is 1.54. The van der Waals surface area contributed by atoms with Gasteiger partial charge in [-0.3, -0.25) is 0 Å². The Kier molecular flexibility index (Phi) is 5.01. The summed E-state index contributed by atoms with van der Waals surface area (Å²) in [5, 5.41) is 7.38. The van der Waals surface area contributed by atoms with Crippen molar-refractivity contribution in [2.24, 2.45) is 0 Å². The van der Waals surface area contributed by atoms with Crippen LogP contribution in [-0.4, -0.2) is 4.57 Å². The van der Waals surface area contributed by atoms with Crippen LogP contribution in [0.5, 0.6) is 0 Å². The molecule has 0 fully saturated rings. The largest absolute Gasteiger partial charge is 0.399 e. The second-order valence-electron chi connectivity index (χ2n) is 10.4. The Labute approximate surface area is 232 Å². The zero-order valence-corrected chi connectivity index (χ0v) is 21.9. The van der Waals surface area contributed by atoms with E-state index in [4.69, 9.17) is 5.73 Å². The fourth-order valence-electron chi connectivity index (χ4n) is 6.41. The number of nitrogens with two attached hydrogens (primary N) is 1. The van der Waals surface area contributed by atoms with E-state index >= 15 is 0 Å². The maximum atomic E-state index is 6.24. The molecule has 0 saturated heterocycles. The van der Waals surface area contributed by atoms with E-state index in [9.17, 15) is 0 Å². The molecule has 0 bridgehead atoms. The lowest BCUT2D eigenvalue weighted by Gasteiger charge is -2.19. The first-order valence-electron chi connectivity index (χ1n) is 13.7. The monoisotopic (exact) mass is 510 g/mol. The summed E-state index contributed by atoms with van der Waals surface area (Å²) in [6, 6.07) is 52.1. The van der Waals surface area contributed by atoms with Crippen molar-refractivity contribution in [3.05, 3.63) is 146 Å². The Morgan fingerprint density at radius 1 is 0.375 bits per heavy atom. The number of para-hydroxylation sites is 1. The molecule has 0 aliphatic rings. The Morgan fingerprint density at radius 2 is 0.900 bits per heavy atom. The van der Waals surface area contributed by atoms with Gasteiger partial charge in [-0.05, 0) is 80.2 Å². The van der Waals surface area contributed by atoms with E-state index in [0.29, 0.717) is 0 Å². The molecule has 40 heavy (non-hydrogen) atoms. The number of nitrogen functional groups attached to an aromatic ring is 1. The van der Waals surface area contributed by atoms with Crippen molar-refractivity contribution in [2.45, 2.75) is 0 Å². The molecule has 0 spiro atoms. The van der Waals surface area contributed by atoms with Crippen LogP contribution < -0.4 is 5.73 Å². The van der Waals surface area contributed by atoms with Gasteiger partial charge >= 0.3 is 0 Å². The van der Waals surface area contributed by atoms with Crippen molar-refractivity contribution in [3.8, 4) is 27.9 Å². The summed E-state index contributed by atoms with van der Waals surface area (Å²) in [7, 11) is 0. The maximum absolute atomic E-state index is 6.24. The van der Waals surface area contributed by atoms with Crippen LogP contribution in [0.2, 0.25) is 0 Å². The van der Waals surface area contributed by atoms with Gasteiger partial charge in [0.2, 0.25) is 0 Å². The summed E-state index contributed by atoms with van der Waals surface area (Å²) < 4.78 is 2.37. The van der Waals surface area contributed by atoms with Crippen LogP contribution in [0.25, 0.3) is 71.3 Å². The average molecular weight is 511 g/mol. The minimum atomic E-state index is 0.777.